The standard InChI is InChI=1S/C14H20N2O/c17-14-11-8-4-5-9-12(11)15-13(16-14)10-6-2-1-3-7-10/h10H,1-9H2,(H,15,16,17). The Balaban J connectivity index is 1.95. The molecule has 0 bridgehead atoms. The van der Waals surface area contributed by atoms with Crippen molar-refractivity contribution in [3.05, 3.63) is 27.4 Å². The van der Waals surface area contributed by atoms with Crippen molar-refractivity contribution < 1.29 is 0 Å². The Labute approximate surface area is 102 Å². The zero-order valence-corrected chi connectivity index (χ0v) is 10.3. The molecule has 1 heterocycles. The molecular weight excluding hydrogens is 212 g/mol. The first kappa shape index (κ1) is 11.0. The van der Waals surface area contributed by atoms with Gasteiger partial charge in [-0.3, -0.25) is 4.79 Å². The Morgan fingerprint density at radius 2 is 1.76 bits per heavy atom. The van der Waals surface area contributed by atoms with E-state index in [0.29, 0.717) is 5.92 Å². The van der Waals surface area contributed by atoms with Crippen molar-refractivity contribution in [2.75, 3.05) is 0 Å². The van der Waals surface area contributed by atoms with E-state index in [1.807, 2.05) is 0 Å². The number of rotatable bonds is 1. The van der Waals surface area contributed by atoms with Gasteiger partial charge in [-0.2, -0.15) is 0 Å². The van der Waals surface area contributed by atoms with Gasteiger partial charge in [-0.25, -0.2) is 4.98 Å². The van der Waals surface area contributed by atoms with Crippen LogP contribution in [0.4, 0.5) is 0 Å². The van der Waals surface area contributed by atoms with E-state index < -0.39 is 0 Å². The van der Waals surface area contributed by atoms with Crippen LogP contribution in [0.5, 0.6) is 0 Å². The van der Waals surface area contributed by atoms with Crippen LogP contribution in [0.15, 0.2) is 4.79 Å². The van der Waals surface area contributed by atoms with Crippen LogP contribution in [0.1, 0.15) is 67.9 Å². The zero-order valence-electron chi connectivity index (χ0n) is 10.3. The number of aromatic amines is 1. The summed E-state index contributed by atoms with van der Waals surface area (Å²) in [5.41, 5.74) is 2.17. The predicted molar refractivity (Wildman–Crippen MR) is 67.3 cm³/mol. The molecule has 1 aromatic heterocycles. The molecule has 1 fully saturated rings. The van der Waals surface area contributed by atoms with E-state index in [1.165, 1.54) is 38.5 Å². The fraction of sp³-hybridized carbons (Fsp3) is 0.714. The maximum Gasteiger partial charge on any atom is 0.254 e. The van der Waals surface area contributed by atoms with Crippen LogP contribution in [0, 0.1) is 0 Å². The zero-order chi connectivity index (χ0) is 11.7. The van der Waals surface area contributed by atoms with E-state index in [4.69, 9.17) is 4.98 Å². The molecule has 0 spiro atoms. The number of fused-ring (bicyclic) bond motifs is 1. The third kappa shape index (κ3) is 2.15. The van der Waals surface area contributed by atoms with E-state index in [1.54, 1.807) is 0 Å². The van der Waals surface area contributed by atoms with Gasteiger partial charge in [0.15, 0.2) is 0 Å². The van der Waals surface area contributed by atoms with Crippen molar-refractivity contribution in [3.63, 3.8) is 0 Å². The normalized spacial score (nSPS) is 21.2. The van der Waals surface area contributed by atoms with Crippen molar-refractivity contribution in [1.82, 2.24) is 9.97 Å². The molecule has 92 valence electrons. The van der Waals surface area contributed by atoms with Crippen LogP contribution in [0.2, 0.25) is 0 Å². The van der Waals surface area contributed by atoms with Gasteiger partial charge < -0.3 is 4.98 Å². The molecule has 0 aliphatic heterocycles. The molecule has 0 aromatic carbocycles. The van der Waals surface area contributed by atoms with Gasteiger partial charge in [0.05, 0.1) is 5.69 Å². The molecule has 1 saturated carbocycles. The molecule has 1 aromatic rings. The number of hydrogen-bond donors (Lipinski definition) is 1. The first-order valence-corrected chi connectivity index (χ1v) is 6.96. The first-order chi connectivity index (χ1) is 8.34. The lowest BCUT2D eigenvalue weighted by atomic mass is 9.88. The Kier molecular flexibility index (Phi) is 3.00. The van der Waals surface area contributed by atoms with Gasteiger partial charge >= 0.3 is 0 Å². The Bertz CT molecular complexity index is 458. The molecule has 2 aliphatic carbocycles. The summed E-state index contributed by atoms with van der Waals surface area (Å²) in [5, 5.41) is 0. The molecule has 2 aliphatic rings. The smallest absolute Gasteiger partial charge is 0.254 e. The molecule has 3 rings (SSSR count). The summed E-state index contributed by atoms with van der Waals surface area (Å²) in [4.78, 5) is 19.8. The highest BCUT2D eigenvalue weighted by molar-refractivity contribution is 5.21. The van der Waals surface area contributed by atoms with Gasteiger partial charge in [0, 0.05) is 11.5 Å². The van der Waals surface area contributed by atoms with Gasteiger partial charge in [0.1, 0.15) is 5.82 Å². The number of aromatic nitrogens is 2. The summed E-state index contributed by atoms with van der Waals surface area (Å²) in [6.45, 7) is 0. The lowest BCUT2D eigenvalue weighted by Gasteiger charge is -2.22. The Morgan fingerprint density at radius 1 is 1.00 bits per heavy atom. The summed E-state index contributed by atoms with van der Waals surface area (Å²) in [6, 6.07) is 0. The van der Waals surface area contributed by atoms with Gasteiger partial charge in [-0.1, -0.05) is 19.3 Å². The van der Waals surface area contributed by atoms with Crippen LogP contribution in [-0.2, 0) is 12.8 Å². The van der Waals surface area contributed by atoms with Crippen LogP contribution in [-0.4, -0.2) is 9.97 Å². The van der Waals surface area contributed by atoms with Gasteiger partial charge in [-0.15, -0.1) is 0 Å². The number of nitrogens with zero attached hydrogens (tertiary/aromatic N) is 1. The summed E-state index contributed by atoms with van der Waals surface area (Å²) in [6.07, 6.45) is 10.5. The molecule has 3 heteroatoms. The summed E-state index contributed by atoms with van der Waals surface area (Å²) >= 11 is 0. The van der Waals surface area contributed by atoms with Crippen molar-refractivity contribution >= 4 is 0 Å². The monoisotopic (exact) mass is 232 g/mol. The predicted octanol–water partition coefficient (Wildman–Crippen LogP) is 2.70. The lowest BCUT2D eigenvalue weighted by molar-refractivity contribution is 0.425. The maximum absolute atomic E-state index is 12.0. The fourth-order valence-corrected chi connectivity index (χ4v) is 3.19. The highest BCUT2D eigenvalue weighted by atomic mass is 16.1. The van der Waals surface area contributed by atoms with Crippen molar-refractivity contribution in [1.29, 1.82) is 0 Å². The average Bonchev–Trinajstić information content (AvgIpc) is 2.40. The van der Waals surface area contributed by atoms with Crippen LogP contribution < -0.4 is 5.56 Å². The third-order valence-electron chi connectivity index (χ3n) is 4.20. The van der Waals surface area contributed by atoms with Crippen LogP contribution >= 0.6 is 0 Å². The quantitative estimate of drug-likeness (QED) is 0.809. The van der Waals surface area contributed by atoms with Crippen molar-refractivity contribution in [2.45, 2.75) is 63.7 Å². The molecule has 17 heavy (non-hydrogen) atoms. The van der Waals surface area contributed by atoms with Gasteiger partial charge in [0.25, 0.3) is 5.56 Å². The van der Waals surface area contributed by atoms with E-state index in [9.17, 15) is 4.79 Å². The average molecular weight is 232 g/mol. The van der Waals surface area contributed by atoms with Crippen molar-refractivity contribution in [2.24, 2.45) is 0 Å². The summed E-state index contributed by atoms with van der Waals surface area (Å²) in [5.74, 6) is 1.47. The molecule has 0 atom stereocenters. The Hall–Kier alpha value is -1.12. The van der Waals surface area contributed by atoms with Gasteiger partial charge in [-0.05, 0) is 38.5 Å². The number of H-pyrrole nitrogens is 1. The Morgan fingerprint density at radius 3 is 2.59 bits per heavy atom. The molecule has 0 amide bonds. The second-order valence-electron chi connectivity index (χ2n) is 5.42. The molecule has 0 unspecified atom stereocenters. The van der Waals surface area contributed by atoms with Crippen LogP contribution in [0.3, 0.4) is 0 Å². The number of aryl methyl sites for hydroxylation is 1. The first-order valence-electron chi connectivity index (χ1n) is 6.96. The fourth-order valence-electron chi connectivity index (χ4n) is 3.19. The molecule has 0 radical (unpaired) electrons. The molecular formula is C14H20N2O. The van der Waals surface area contributed by atoms with Gasteiger partial charge in [0.2, 0.25) is 0 Å². The highest BCUT2D eigenvalue weighted by Crippen LogP contribution is 2.30. The topological polar surface area (TPSA) is 45.8 Å². The second kappa shape index (κ2) is 4.63. The van der Waals surface area contributed by atoms with E-state index in [-0.39, 0.29) is 5.56 Å². The van der Waals surface area contributed by atoms with Crippen LogP contribution in [0.25, 0.3) is 0 Å². The second-order valence-corrected chi connectivity index (χ2v) is 5.42. The molecule has 0 saturated heterocycles. The summed E-state index contributed by atoms with van der Waals surface area (Å²) < 4.78 is 0. The highest BCUT2D eigenvalue weighted by Gasteiger charge is 2.21. The van der Waals surface area contributed by atoms with E-state index in [2.05, 4.69) is 4.98 Å². The summed E-state index contributed by atoms with van der Waals surface area (Å²) in [7, 11) is 0. The lowest BCUT2D eigenvalue weighted by Crippen LogP contribution is -2.24. The largest absolute Gasteiger partial charge is 0.310 e. The van der Waals surface area contributed by atoms with E-state index in [0.717, 1.165) is 36.3 Å². The number of hydrogen-bond acceptors (Lipinski definition) is 2. The number of nitrogens with one attached hydrogen (secondary N) is 1. The minimum atomic E-state index is 0.135. The maximum atomic E-state index is 12.0. The molecule has 1 N–H and O–H groups in total. The SMILES string of the molecule is O=c1[nH]c(C2CCCCC2)nc2c1CCCC2. The molecule has 3 nitrogen and oxygen atoms in total. The minimum Gasteiger partial charge on any atom is -0.310 e. The minimum absolute atomic E-state index is 0.135. The van der Waals surface area contributed by atoms with Crippen molar-refractivity contribution in [3.8, 4) is 0 Å². The van der Waals surface area contributed by atoms with E-state index >= 15 is 0 Å². The third-order valence-corrected chi connectivity index (χ3v) is 4.20.